The Morgan fingerprint density at radius 3 is 2.15 bits per heavy atom. The highest BCUT2D eigenvalue weighted by atomic mass is 16.5. The second-order valence-electron chi connectivity index (χ2n) is 11.4. The van der Waals surface area contributed by atoms with Crippen molar-refractivity contribution >= 4 is 17.6 Å². The standard InChI is InChI=1S/C31H42O2/c1-10-15-33-29(32)24-13-11-23(12-14-24)17-21(4)26-19-28-27(18-25(26)16-20(2)3)30(6,7)22(5)31(28,8)9/h11-14,17-20,22H,10,15-16H2,1-9H3. The van der Waals surface area contributed by atoms with E-state index in [4.69, 9.17) is 4.74 Å². The highest BCUT2D eigenvalue weighted by molar-refractivity contribution is 5.90. The van der Waals surface area contributed by atoms with Gasteiger partial charge < -0.3 is 4.74 Å². The Labute approximate surface area is 201 Å². The van der Waals surface area contributed by atoms with Gasteiger partial charge in [-0.15, -0.1) is 0 Å². The lowest BCUT2D eigenvalue weighted by Crippen LogP contribution is -2.30. The third kappa shape index (κ3) is 4.95. The van der Waals surface area contributed by atoms with Gasteiger partial charge >= 0.3 is 5.97 Å². The molecule has 2 aromatic carbocycles. The Morgan fingerprint density at radius 2 is 1.61 bits per heavy atom. The lowest BCUT2D eigenvalue weighted by molar-refractivity contribution is 0.0505. The zero-order valence-electron chi connectivity index (χ0n) is 22.1. The first-order valence-electron chi connectivity index (χ1n) is 12.5. The lowest BCUT2D eigenvalue weighted by Gasteiger charge is -2.32. The molecule has 0 aromatic heterocycles. The van der Waals surface area contributed by atoms with Gasteiger partial charge in [-0.1, -0.05) is 85.7 Å². The molecule has 178 valence electrons. The van der Waals surface area contributed by atoms with Crippen molar-refractivity contribution in [3.63, 3.8) is 0 Å². The van der Waals surface area contributed by atoms with Crippen LogP contribution in [0.5, 0.6) is 0 Å². The molecule has 3 rings (SSSR count). The van der Waals surface area contributed by atoms with Crippen molar-refractivity contribution in [2.75, 3.05) is 6.61 Å². The van der Waals surface area contributed by atoms with Crippen LogP contribution in [0.25, 0.3) is 11.6 Å². The fraction of sp³-hybridized carbons (Fsp3) is 0.516. The summed E-state index contributed by atoms with van der Waals surface area (Å²) in [5.74, 6) is 0.922. The predicted molar refractivity (Wildman–Crippen MR) is 141 cm³/mol. The van der Waals surface area contributed by atoms with E-state index in [0.29, 0.717) is 24.0 Å². The fourth-order valence-electron chi connectivity index (χ4n) is 5.38. The van der Waals surface area contributed by atoms with Crippen LogP contribution >= 0.6 is 0 Å². The molecule has 2 aromatic rings. The van der Waals surface area contributed by atoms with Crippen molar-refractivity contribution in [3.05, 3.63) is 69.8 Å². The van der Waals surface area contributed by atoms with Crippen LogP contribution < -0.4 is 0 Å². The molecule has 2 heteroatoms. The summed E-state index contributed by atoms with van der Waals surface area (Å²) in [6.07, 6.45) is 4.14. The molecule has 0 fully saturated rings. The molecule has 0 N–H and O–H groups in total. The number of carbonyl (C=O) groups is 1. The molecule has 0 bridgehead atoms. The molecule has 0 saturated carbocycles. The van der Waals surface area contributed by atoms with Gasteiger partial charge in [-0.3, -0.25) is 0 Å². The van der Waals surface area contributed by atoms with Gasteiger partial charge in [0.05, 0.1) is 12.2 Å². The Hall–Kier alpha value is -2.35. The van der Waals surface area contributed by atoms with Gasteiger partial charge in [0.2, 0.25) is 0 Å². The van der Waals surface area contributed by atoms with E-state index in [1.807, 2.05) is 31.2 Å². The van der Waals surface area contributed by atoms with E-state index in [2.05, 4.69) is 73.6 Å². The number of carbonyl (C=O) groups excluding carboxylic acids is 1. The summed E-state index contributed by atoms with van der Waals surface area (Å²) < 4.78 is 5.25. The Kier molecular flexibility index (Phi) is 7.27. The molecule has 1 atom stereocenters. The molecule has 0 saturated heterocycles. The molecule has 2 nitrogen and oxygen atoms in total. The second kappa shape index (κ2) is 9.49. The number of hydrogen-bond donors (Lipinski definition) is 0. The topological polar surface area (TPSA) is 26.3 Å². The molecule has 0 amide bonds. The number of allylic oxidation sites excluding steroid dienone is 1. The molecule has 0 aliphatic heterocycles. The van der Waals surface area contributed by atoms with Crippen LogP contribution in [-0.2, 0) is 22.0 Å². The molecule has 1 unspecified atom stereocenters. The van der Waals surface area contributed by atoms with E-state index in [-0.39, 0.29) is 16.8 Å². The van der Waals surface area contributed by atoms with E-state index in [0.717, 1.165) is 18.4 Å². The van der Waals surface area contributed by atoms with Gasteiger partial charge in [-0.05, 0) is 88.0 Å². The van der Waals surface area contributed by atoms with E-state index in [1.165, 1.54) is 27.8 Å². The van der Waals surface area contributed by atoms with E-state index >= 15 is 0 Å². The first-order valence-corrected chi connectivity index (χ1v) is 12.5. The van der Waals surface area contributed by atoms with Gasteiger partial charge in [-0.2, -0.15) is 0 Å². The largest absolute Gasteiger partial charge is 0.462 e. The maximum atomic E-state index is 12.1. The fourth-order valence-corrected chi connectivity index (χ4v) is 5.38. The van der Waals surface area contributed by atoms with Crippen LogP contribution in [0.3, 0.4) is 0 Å². The van der Waals surface area contributed by atoms with Crippen molar-refractivity contribution in [3.8, 4) is 0 Å². The van der Waals surface area contributed by atoms with Crippen LogP contribution in [0, 0.1) is 11.8 Å². The third-order valence-electron chi connectivity index (χ3n) is 7.82. The number of hydrogen-bond acceptors (Lipinski definition) is 2. The van der Waals surface area contributed by atoms with Crippen LogP contribution in [0.15, 0.2) is 36.4 Å². The molecule has 0 heterocycles. The van der Waals surface area contributed by atoms with Crippen LogP contribution in [-0.4, -0.2) is 12.6 Å². The quantitative estimate of drug-likeness (QED) is 0.316. The Bertz CT molecular complexity index is 1040. The van der Waals surface area contributed by atoms with Gasteiger partial charge in [-0.25, -0.2) is 4.79 Å². The first kappa shape index (κ1) is 25.3. The molecule has 33 heavy (non-hydrogen) atoms. The van der Waals surface area contributed by atoms with Gasteiger partial charge in [0.1, 0.15) is 0 Å². The second-order valence-corrected chi connectivity index (χ2v) is 11.4. The van der Waals surface area contributed by atoms with Crippen LogP contribution in [0.1, 0.15) is 107 Å². The molecule has 1 aliphatic rings. The predicted octanol–water partition coefficient (Wildman–Crippen LogP) is 8.22. The zero-order chi connectivity index (χ0) is 24.6. The average Bonchev–Trinajstić information content (AvgIpc) is 2.88. The molecule has 0 radical (unpaired) electrons. The monoisotopic (exact) mass is 446 g/mol. The molecule has 1 aliphatic carbocycles. The van der Waals surface area contributed by atoms with Gasteiger partial charge in [0.25, 0.3) is 0 Å². The van der Waals surface area contributed by atoms with Gasteiger partial charge in [0, 0.05) is 0 Å². The van der Waals surface area contributed by atoms with Crippen molar-refractivity contribution < 1.29 is 9.53 Å². The van der Waals surface area contributed by atoms with E-state index in [1.54, 1.807) is 0 Å². The highest BCUT2D eigenvalue weighted by Gasteiger charge is 2.48. The summed E-state index contributed by atoms with van der Waals surface area (Å²) in [6.45, 7) is 21.3. The normalized spacial score (nSPS) is 19.0. The summed E-state index contributed by atoms with van der Waals surface area (Å²) in [7, 11) is 0. The Morgan fingerprint density at radius 1 is 1.03 bits per heavy atom. The van der Waals surface area contributed by atoms with E-state index < -0.39 is 0 Å². The van der Waals surface area contributed by atoms with Gasteiger partial charge in [0.15, 0.2) is 0 Å². The molecular weight excluding hydrogens is 404 g/mol. The SMILES string of the molecule is CCCOC(=O)c1ccc(C=C(C)c2cc3c(cc2CC(C)C)C(C)(C)C(C)C3(C)C)cc1. The molecule has 0 spiro atoms. The number of esters is 1. The maximum absolute atomic E-state index is 12.1. The minimum absolute atomic E-state index is 0.144. The highest BCUT2D eigenvalue weighted by Crippen LogP contribution is 2.54. The number of rotatable bonds is 7. The van der Waals surface area contributed by atoms with Crippen molar-refractivity contribution in [2.45, 2.75) is 86.0 Å². The summed E-state index contributed by atoms with van der Waals surface area (Å²) in [5.41, 5.74) is 9.09. The third-order valence-corrected chi connectivity index (χ3v) is 7.82. The minimum atomic E-state index is -0.249. The summed E-state index contributed by atoms with van der Waals surface area (Å²) >= 11 is 0. The van der Waals surface area contributed by atoms with Crippen molar-refractivity contribution in [1.82, 2.24) is 0 Å². The average molecular weight is 447 g/mol. The summed E-state index contributed by atoms with van der Waals surface area (Å²) in [6, 6.07) is 12.7. The molecular formula is C31H42O2. The van der Waals surface area contributed by atoms with Crippen LogP contribution in [0.2, 0.25) is 0 Å². The van der Waals surface area contributed by atoms with Crippen molar-refractivity contribution in [2.24, 2.45) is 11.8 Å². The first-order chi connectivity index (χ1) is 15.4. The van der Waals surface area contributed by atoms with Crippen molar-refractivity contribution in [1.29, 1.82) is 0 Å². The summed E-state index contributed by atoms with van der Waals surface area (Å²) in [5, 5.41) is 0. The van der Waals surface area contributed by atoms with E-state index in [9.17, 15) is 4.79 Å². The maximum Gasteiger partial charge on any atom is 0.338 e. The smallest absolute Gasteiger partial charge is 0.338 e. The lowest BCUT2D eigenvalue weighted by atomic mass is 9.71. The summed E-state index contributed by atoms with van der Waals surface area (Å²) in [4.78, 5) is 12.1. The number of fused-ring (bicyclic) bond motifs is 1. The minimum Gasteiger partial charge on any atom is -0.462 e. The zero-order valence-corrected chi connectivity index (χ0v) is 22.1. The number of ether oxygens (including phenoxy) is 1. The van der Waals surface area contributed by atoms with Crippen LogP contribution in [0.4, 0.5) is 0 Å². The Balaban J connectivity index is 2.02. The number of benzene rings is 2.